The van der Waals surface area contributed by atoms with E-state index in [4.69, 9.17) is 0 Å². The van der Waals surface area contributed by atoms with Crippen molar-refractivity contribution in [2.45, 2.75) is 16.6 Å². The van der Waals surface area contributed by atoms with Crippen molar-refractivity contribution in [2.24, 2.45) is 0 Å². The van der Waals surface area contributed by atoms with E-state index in [1.807, 2.05) is 30.3 Å². The Morgan fingerprint density at radius 1 is 1.00 bits per heavy atom. The Balaban J connectivity index is 2.08. The van der Waals surface area contributed by atoms with E-state index in [1.54, 1.807) is 24.3 Å². The number of benzene rings is 2. The number of nitrogens with one attached hydrogen (secondary N) is 1. The number of rotatable bonds is 5. The lowest BCUT2D eigenvalue weighted by Crippen LogP contribution is -2.26. The van der Waals surface area contributed by atoms with Crippen molar-refractivity contribution < 1.29 is 9.59 Å². The number of amides is 1. The summed E-state index contributed by atoms with van der Waals surface area (Å²) in [4.78, 5) is 23.1. The van der Waals surface area contributed by atoms with Gasteiger partial charge < -0.3 is 5.32 Å². The van der Waals surface area contributed by atoms with Gasteiger partial charge in [0.2, 0.25) is 5.91 Å². The van der Waals surface area contributed by atoms with E-state index in [-0.39, 0.29) is 16.5 Å². The first-order valence-electron chi connectivity index (χ1n) is 6.74. The van der Waals surface area contributed by atoms with Gasteiger partial charge in [-0.3, -0.25) is 9.59 Å². The summed E-state index contributed by atoms with van der Waals surface area (Å²) in [5, 5.41) is 2.82. The molecule has 1 N–H and O–H groups in total. The van der Waals surface area contributed by atoms with E-state index in [2.05, 4.69) is 37.2 Å². The van der Waals surface area contributed by atoms with Crippen molar-refractivity contribution in [2.75, 3.05) is 5.32 Å². The molecule has 0 bridgehead atoms. The van der Waals surface area contributed by atoms with E-state index >= 15 is 0 Å². The van der Waals surface area contributed by atoms with E-state index in [0.29, 0.717) is 11.3 Å². The fourth-order valence-electron chi connectivity index (χ4n) is 1.97. The Bertz CT molecular complexity index is 673. The summed E-state index contributed by atoms with van der Waals surface area (Å²) < 4.78 is 0. The monoisotopic (exact) mass is 423 g/mol. The molecule has 0 aromatic heterocycles. The van der Waals surface area contributed by atoms with E-state index in [0.717, 1.165) is 5.56 Å². The van der Waals surface area contributed by atoms with Crippen molar-refractivity contribution in [1.82, 2.24) is 0 Å². The normalized spacial score (nSPS) is 13.2. The largest absolute Gasteiger partial charge is 0.325 e. The Labute approximate surface area is 146 Å². The summed E-state index contributed by atoms with van der Waals surface area (Å²) >= 11 is 6.97. The molecule has 0 radical (unpaired) electrons. The molecule has 5 heteroatoms. The van der Waals surface area contributed by atoms with Crippen LogP contribution in [0.3, 0.4) is 0 Å². The highest BCUT2D eigenvalue weighted by atomic mass is 79.9. The van der Waals surface area contributed by atoms with Gasteiger partial charge in [-0.2, -0.15) is 0 Å². The standard InChI is InChI=1S/C17H15Br2NO2/c1-11(21)13-8-5-9-14(10-13)20-17(22)16(19)15(18)12-6-3-2-4-7-12/h2-10,15-16H,1H3,(H,20,22)/t15-,16-/m1/s1. The van der Waals surface area contributed by atoms with E-state index in [9.17, 15) is 9.59 Å². The summed E-state index contributed by atoms with van der Waals surface area (Å²) in [7, 11) is 0. The van der Waals surface area contributed by atoms with E-state index < -0.39 is 4.83 Å². The molecule has 0 saturated carbocycles. The Morgan fingerprint density at radius 3 is 2.32 bits per heavy atom. The van der Waals surface area contributed by atoms with Crippen LogP contribution in [0.25, 0.3) is 0 Å². The molecule has 3 nitrogen and oxygen atoms in total. The average molecular weight is 425 g/mol. The third kappa shape index (κ3) is 4.27. The van der Waals surface area contributed by atoms with Crippen molar-refractivity contribution >= 4 is 49.2 Å². The lowest BCUT2D eigenvalue weighted by atomic mass is 10.1. The first kappa shape index (κ1) is 16.9. The molecule has 2 atom stereocenters. The molecule has 0 unspecified atom stereocenters. The smallest absolute Gasteiger partial charge is 0.239 e. The molecular formula is C17H15Br2NO2. The van der Waals surface area contributed by atoms with Crippen LogP contribution in [-0.2, 0) is 4.79 Å². The minimum atomic E-state index is -0.434. The van der Waals surface area contributed by atoms with Crippen molar-refractivity contribution in [3.05, 3.63) is 65.7 Å². The van der Waals surface area contributed by atoms with Crippen LogP contribution in [0.2, 0.25) is 0 Å². The van der Waals surface area contributed by atoms with Crippen LogP contribution in [0.1, 0.15) is 27.7 Å². The lowest BCUT2D eigenvalue weighted by molar-refractivity contribution is -0.115. The Kier molecular flexibility index (Phi) is 5.91. The molecule has 0 aliphatic carbocycles. The minimum Gasteiger partial charge on any atom is -0.325 e. The van der Waals surface area contributed by atoms with Crippen LogP contribution >= 0.6 is 31.9 Å². The molecule has 114 valence electrons. The topological polar surface area (TPSA) is 46.2 Å². The molecule has 0 aliphatic heterocycles. The number of Topliss-reactive ketones (excluding diaryl/α,β-unsaturated/α-hetero) is 1. The molecule has 0 fully saturated rings. The number of hydrogen-bond acceptors (Lipinski definition) is 2. The fraction of sp³-hybridized carbons (Fsp3) is 0.176. The van der Waals surface area contributed by atoms with Gasteiger partial charge in [0.1, 0.15) is 4.83 Å². The number of carbonyl (C=O) groups is 2. The van der Waals surface area contributed by atoms with Crippen LogP contribution in [0.15, 0.2) is 54.6 Å². The number of alkyl halides is 2. The van der Waals surface area contributed by atoms with Gasteiger partial charge in [0.05, 0.1) is 4.83 Å². The zero-order valence-corrected chi connectivity index (χ0v) is 15.1. The molecule has 22 heavy (non-hydrogen) atoms. The summed E-state index contributed by atoms with van der Waals surface area (Å²) in [5.74, 6) is -0.208. The predicted molar refractivity (Wildman–Crippen MR) is 95.9 cm³/mol. The molecule has 0 aliphatic rings. The molecule has 2 aromatic rings. The van der Waals surface area contributed by atoms with Gasteiger partial charge in [0.15, 0.2) is 5.78 Å². The molecule has 0 saturated heterocycles. The maximum Gasteiger partial charge on any atom is 0.239 e. The van der Waals surface area contributed by atoms with Crippen molar-refractivity contribution in [3.8, 4) is 0 Å². The van der Waals surface area contributed by atoms with Gasteiger partial charge in [0.25, 0.3) is 0 Å². The maximum absolute atomic E-state index is 12.3. The summed E-state index contributed by atoms with van der Waals surface area (Å²) in [6, 6.07) is 16.6. The molecule has 1 amide bonds. The second kappa shape index (κ2) is 7.70. The molecular weight excluding hydrogens is 410 g/mol. The number of carbonyl (C=O) groups excluding carboxylic acids is 2. The second-order valence-electron chi connectivity index (χ2n) is 4.84. The lowest BCUT2D eigenvalue weighted by Gasteiger charge is -2.17. The number of anilines is 1. The highest BCUT2D eigenvalue weighted by molar-refractivity contribution is 9.12. The van der Waals surface area contributed by atoms with Crippen LogP contribution in [0, 0.1) is 0 Å². The third-order valence-corrected chi connectivity index (χ3v) is 5.87. The van der Waals surface area contributed by atoms with Crippen molar-refractivity contribution in [1.29, 1.82) is 0 Å². The molecule has 0 heterocycles. The first-order chi connectivity index (χ1) is 10.5. The number of halogens is 2. The van der Waals surface area contributed by atoms with Crippen LogP contribution in [0.5, 0.6) is 0 Å². The SMILES string of the molecule is CC(=O)c1cccc(NC(=O)[C@H](Br)[C@H](Br)c2ccccc2)c1. The third-order valence-electron chi connectivity index (χ3n) is 3.16. The van der Waals surface area contributed by atoms with Crippen LogP contribution < -0.4 is 5.32 Å². The highest BCUT2D eigenvalue weighted by Gasteiger charge is 2.25. The Hall–Kier alpha value is -1.46. The first-order valence-corrected chi connectivity index (χ1v) is 8.57. The fourth-order valence-corrected chi connectivity index (χ4v) is 2.93. The zero-order chi connectivity index (χ0) is 16.1. The van der Waals surface area contributed by atoms with E-state index in [1.165, 1.54) is 6.92 Å². The zero-order valence-electron chi connectivity index (χ0n) is 11.9. The second-order valence-corrected chi connectivity index (χ2v) is 6.81. The minimum absolute atomic E-state index is 0.0332. The Morgan fingerprint density at radius 2 is 1.68 bits per heavy atom. The highest BCUT2D eigenvalue weighted by Crippen LogP contribution is 2.31. The number of ketones is 1. The summed E-state index contributed by atoms with van der Waals surface area (Å²) in [6.07, 6.45) is 0. The van der Waals surface area contributed by atoms with Gasteiger partial charge in [0, 0.05) is 11.3 Å². The summed E-state index contributed by atoms with van der Waals surface area (Å²) in [5.41, 5.74) is 2.19. The quantitative estimate of drug-likeness (QED) is 0.557. The maximum atomic E-state index is 12.3. The van der Waals surface area contributed by atoms with Gasteiger partial charge in [-0.05, 0) is 24.6 Å². The van der Waals surface area contributed by atoms with Crippen LogP contribution in [-0.4, -0.2) is 16.5 Å². The molecule has 2 aromatic carbocycles. The van der Waals surface area contributed by atoms with Gasteiger partial charge in [-0.25, -0.2) is 0 Å². The average Bonchev–Trinajstić information content (AvgIpc) is 2.54. The molecule has 2 rings (SSSR count). The van der Waals surface area contributed by atoms with Crippen molar-refractivity contribution in [3.63, 3.8) is 0 Å². The predicted octanol–water partition coefficient (Wildman–Crippen LogP) is 4.73. The summed E-state index contributed by atoms with van der Waals surface area (Å²) in [6.45, 7) is 1.50. The van der Waals surface area contributed by atoms with Gasteiger partial charge in [-0.15, -0.1) is 0 Å². The van der Waals surface area contributed by atoms with Gasteiger partial charge in [-0.1, -0.05) is 74.3 Å². The van der Waals surface area contributed by atoms with Crippen LogP contribution in [0.4, 0.5) is 5.69 Å². The van der Waals surface area contributed by atoms with Gasteiger partial charge >= 0.3 is 0 Å². The molecule has 0 spiro atoms. The number of hydrogen-bond donors (Lipinski definition) is 1.